The third kappa shape index (κ3) is 5.25. The first-order chi connectivity index (χ1) is 20.6. The van der Waals surface area contributed by atoms with Crippen LogP contribution in [0.3, 0.4) is 0 Å². The Balaban J connectivity index is 1.65. The number of hydrogen-bond donors (Lipinski definition) is 1. The van der Waals surface area contributed by atoms with Gasteiger partial charge in [-0.25, -0.2) is 0 Å². The van der Waals surface area contributed by atoms with Gasteiger partial charge in [-0.15, -0.1) is 13.2 Å². The van der Waals surface area contributed by atoms with Gasteiger partial charge in [-0.2, -0.15) is 0 Å². The number of benzene rings is 2. The molecule has 228 valence electrons. The van der Waals surface area contributed by atoms with E-state index in [-0.39, 0.29) is 35.7 Å². The van der Waals surface area contributed by atoms with E-state index in [9.17, 15) is 19.5 Å². The molecule has 2 bridgehead atoms. The van der Waals surface area contributed by atoms with Crippen LogP contribution in [0, 0.1) is 25.7 Å². The Hall–Kier alpha value is -3.27. The summed E-state index contributed by atoms with van der Waals surface area (Å²) in [5.41, 5.74) is 2.30. The second-order valence-corrected chi connectivity index (χ2v) is 13.1. The van der Waals surface area contributed by atoms with E-state index in [1.54, 1.807) is 29.0 Å². The summed E-state index contributed by atoms with van der Waals surface area (Å²) in [4.78, 5) is 48.0. The molecular formula is C34H40BrN3O5. The van der Waals surface area contributed by atoms with Crippen molar-refractivity contribution in [1.29, 1.82) is 0 Å². The van der Waals surface area contributed by atoms with Crippen LogP contribution in [0.2, 0.25) is 0 Å². The minimum absolute atomic E-state index is 0.219. The van der Waals surface area contributed by atoms with Crippen molar-refractivity contribution in [2.45, 2.75) is 55.3 Å². The normalized spacial score (nSPS) is 28.0. The number of likely N-dealkylation sites (tertiary alicyclic amines) is 1. The second kappa shape index (κ2) is 12.4. The van der Waals surface area contributed by atoms with Gasteiger partial charge in [0, 0.05) is 30.7 Å². The van der Waals surface area contributed by atoms with Gasteiger partial charge in [-0.1, -0.05) is 70.5 Å². The highest BCUT2D eigenvalue weighted by atomic mass is 79.9. The van der Waals surface area contributed by atoms with E-state index in [2.05, 4.69) is 29.1 Å². The van der Waals surface area contributed by atoms with Gasteiger partial charge < -0.3 is 24.5 Å². The minimum Gasteiger partial charge on any atom is -0.394 e. The Morgan fingerprint density at radius 2 is 1.84 bits per heavy atom. The highest BCUT2D eigenvalue weighted by Crippen LogP contribution is 2.61. The highest BCUT2D eigenvalue weighted by molar-refractivity contribution is 9.09. The first-order valence-electron chi connectivity index (χ1n) is 14.7. The van der Waals surface area contributed by atoms with Gasteiger partial charge in [0.05, 0.1) is 30.6 Å². The number of halogens is 1. The van der Waals surface area contributed by atoms with Crippen LogP contribution in [-0.2, 0) is 25.5 Å². The molecule has 43 heavy (non-hydrogen) atoms. The van der Waals surface area contributed by atoms with E-state index < -0.39 is 35.6 Å². The van der Waals surface area contributed by atoms with E-state index in [0.717, 1.165) is 22.4 Å². The van der Waals surface area contributed by atoms with E-state index in [1.165, 1.54) is 4.90 Å². The topological polar surface area (TPSA) is 90.4 Å². The van der Waals surface area contributed by atoms with Crippen LogP contribution < -0.4 is 4.90 Å². The van der Waals surface area contributed by atoms with E-state index in [4.69, 9.17) is 4.74 Å². The number of likely N-dealkylation sites (N-methyl/N-ethyl adjacent to an activating group) is 1. The number of rotatable bonds is 11. The van der Waals surface area contributed by atoms with Crippen LogP contribution in [-0.4, -0.2) is 88.0 Å². The van der Waals surface area contributed by atoms with Gasteiger partial charge in [0.2, 0.25) is 11.8 Å². The molecule has 8 nitrogen and oxygen atoms in total. The van der Waals surface area contributed by atoms with Crippen molar-refractivity contribution < 1.29 is 24.2 Å². The Kier molecular flexibility index (Phi) is 8.97. The third-order valence-electron chi connectivity index (χ3n) is 9.18. The van der Waals surface area contributed by atoms with Crippen LogP contribution in [0.5, 0.6) is 0 Å². The molecule has 0 radical (unpaired) electrons. The lowest BCUT2D eigenvalue weighted by molar-refractivity contribution is -0.146. The molecule has 3 fully saturated rings. The summed E-state index contributed by atoms with van der Waals surface area (Å²) in [5, 5.41) is 10.7. The zero-order valence-corrected chi connectivity index (χ0v) is 26.6. The van der Waals surface area contributed by atoms with Crippen molar-refractivity contribution in [2.75, 3.05) is 31.6 Å². The number of ether oxygens (including phenoxy) is 1. The van der Waals surface area contributed by atoms with Crippen molar-refractivity contribution in [3.8, 4) is 0 Å². The molecule has 5 rings (SSSR count). The monoisotopic (exact) mass is 649 g/mol. The molecule has 3 aliphatic rings. The second-order valence-electron chi connectivity index (χ2n) is 12.0. The lowest BCUT2D eigenvalue weighted by atomic mass is 9.70. The summed E-state index contributed by atoms with van der Waals surface area (Å²) in [5.74, 6) is -2.51. The lowest BCUT2D eigenvalue weighted by Crippen LogP contribution is -2.59. The fourth-order valence-corrected chi connectivity index (χ4v) is 8.23. The average Bonchev–Trinajstić information content (AvgIpc) is 3.59. The number of fused-ring (bicyclic) bond motifs is 1. The summed E-state index contributed by atoms with van der Waals surface area (Å²) >= 11 is 3.75. The van der Waals surface area contributed by atoms with Crippen molar-refractivity contribution in [3.63, 3.8) is 0 Å². The molecule has 0 aliphatic carbocycles. The zero-order valence-electron chi connectivity index (χ0n) is 25.0. The molecule has 1 spiro atoms. The predicted octanol–water partition coefficient (Wildman–Crippen LogP) is 3.82. The summed E-state index contributed by atoms with van der Waals surface area (Å²) in [6.07, 6.45) is 3.47. The Labute approximate surface area is 262 Å². The summed E-state index contributed by atoms with van der Waals surface area (Å²) < 4.78 is 6.72. The number of aryl methyl sites for hydroxylation is 2. The van der Waals surface area contributed by atoms with Crippen LogP contribution in [0.1, 0.15) is 23.1 Å². The third-order valence-corrected chi connectivity index (χ3v) is 10.0. The number of aliphatic hydroxyl groups is 1. The Bertz CT molecular complexity index is 1420. The maximum Gasteiger partial charge on any atom is 0.253 e. The minimum atomic E-state index is -1.25. The van der Waals surface area contributed by atoms with Gasteiger partial charge in [-0.05, 0) is 49.4 Å². The van der Waals surface area contributed by atoms with E-state index >= 15 is 0 Å². The number of carbonyl (C=O) groups excluding carboxylic acids is 3. The summed E-state index contributed by atoms with van der Waals surface area (Å²) in [6.45, 7) is 11.8. The van der Waals surface area contributed by atoms with Crippen LogP contribution in [0.4, 0.5) is 5.69 Å². The molecule has 3 unspecified atom stereocenters. The average molecular weight is 651 g/mol. The number of anilines is 1. The van der Waals surface area contributed by atoms with Crippen LogP contribution >= 0.6 is 15.9 Å². The molecular weight excluding hydrogens is 610 g/mol. The molecule has 3 heterocycles. The quantitative estimate of drug-likeness (QED) is 0.295. The molecule has 3 saturated heterocycles. The van der Waals surface area contributed by atoms with E-state index in [0.29, 0.717) is 19.4 Å². The molecule has 0 aromatic heterocycles. The van der Waals surface area contributed by atoms with Crippen molar-refractivity contribution in [3.05, 3.63) is 90.5 Å². The maximum absolute atomic E-state index is 15.0. The number of amides is 3. The van der Waals surface area contributed by atoms with Crippen molar-refractivity contribution >= 4 is 39.3 Å². The van der Waals surface area contributed by atoms with Gasteiger partial charge in [0.15, 0.2) is 0 Å². The van der Waals surface area contributed by atoms with Crippen LogP contribution in [0.15, 0.2) is 73.8 Å². The zero-order chi connectivity index (χ0) is 31.1. The van der Waals surface area contributed by atoms with Crippen molar-refractivity contribution in [1.82, 2.24) is 9.80 Å². The molecule has 2 aromatic rings. The van der Waals surface area contributed by atoms with Gasteiger partial charge in [0.25, 0.3) is 5.91 Å². The number of carbonyl (C=O) groups is 3. The fraction of sp³-hybridized carbons (Fsp3) is 0.441. The van der Waals surface area contributed by atoms with Gasteiger partial charge >= 0.3 is 0 Å². The van der Waals surface area contributed by atoms with E-state index in [1.807, 2.05) is 62.4 Å². The SMILES string of the molecule is C=CCN(C)C(=O)[C@H]1[C@H]2C(=O)N([C@@H](CO)Cc3ccccc3)C(C(=O)N(CC=C)c3cc(C)ccc3C)C23CC(Br)[C@@H]1O3. The fourth-order valence-electron chi connectivity index (χ4n) is 7.29. The van der Waals surface area contributed by atoms with Crippen LogP contribution in [0.25, 0.3) is 0 Å². The number of hydrogen-bond acceptors (Lipinski definition) is 5. The number of nitrogens with zero attached hydrogens (tertiary/aromatic N) is 3. The molecule has 3 amide bonds. The molecule has 0 saturated carbocycles. The number of aliphatic hydroxyl groups excluding tert-OH is 1. The first-order valence-corrected chi connectivity index (χ1v) is 15.6. The summed E-state index contributed by atoms with van der Waals surface area (Å²) in [6, 6.07) is 13.7. The lowest BCUT2D eigenvalue weighted by Gasteiger charge is -2.39. The predicted molar refractivity (Wildman–Crippen MR) is 170 cm³/mol. The number of alkyl halides is 1. The highest BCUT2D eigenvalue weighted by Gasteiger charge is 2.77. The molecule has 9 heteroatoms. The molecule has 1 N–H and O–H groups in total. The summed E-state index contributed by atoms with van der Waals surface area (Å²) in [7, 11) is 1.68. The smallest absolute Gasteiger partial charge is 0.253 e. The standard InChI is InChI=1S/C34H40BrN3O5/c1-6-15-36(5)31(40)27-28-32(41)38(24(20-39)18-23-11-9-8-10-12-23)30(34(28)19-25(35)29(27)43-34)33(42)37(16-7-2)26-17-21(3)13-14-22(26)4/h6-14,17,24-25,27-30,39H,1-2,15-16,18-20H2,3-5H3/t24-,25?,27+,28+,29+,30?,34?/m1/s1. The van der Waals surface area contributed by atoms with Gasteiger partial charge in [-0.3, -0.25) is 14.4 Å². The maximum atomic E-state index is 15.0. The largest absolute Gasteiger partial charge is 0.394 e. The molecule has 3 aliphatic heterocycles. The van der Waals surface area contributed by atoms with Gasteiger partial charge in [0.1, 0.15) is 11.6 Å². The first kappa shape index (κ1) is 31.2. The molecule has 2 aromatic carbocycles. The Morgan fingerprint density at radius 1 is 1.14 bits per heavy atom. The Morgan fingerprint density at radius 3 is 2.49 bits per heavy atom. The molecule has 7 atom stereocenters. The van der Waals surface area contributed by atoms with Crippen molar-refractivity contribution in [2.24, 2.45) is 11.8 Å².